The SMILES string of the molecule is Cc1ccc2c(c1NC(=O)Cc1ccc(F)c(C(F)(F)F)c1)C(=O)CN([C@H](C)CO)C2. The largest absolute Gasteiger partial charge is 0.419 e. The zero-order chi connectivity index (χ0) is 22.9. The molecule has 0 saturated heterocycles. The van der Waals surface area contributed by atoms with Gasteiger partial charge in [-0.2, -0.15) is 13.2 Å². The Balaban J connectivity index is 1.84. The fraction of sp³-hybridized carbons (Fsp3) is 0.364. The highest BCUT2D eigenvalue weighted by molar-refractivity contribution is 6.08. The number of carbonyl (C=O) groups is 2. The van der Waals surface area contributed by atoms with E-state index in [0.29, 0.717) is 41.1 Å². The molecular formula is C22H22F4N2O3. The molecule has 1 heterocycles. The predicted molar refractivity (Wildman–Crippen MR) is 106 cm³/mol. The minimum Gasteiger partial charge on any atom is -0.395 e. The molecule has 1 aliphatic heterocycles. The van der Waals surface area contributed by atoms with Crippen LogP contribution in [0.4, 0.5) is 23.2 Å². The molecule has 0 bridgehead atoms. The summed E-state index contributed by atoms with van der Waals surface area (Å²) in [5.74, 6) is -2.24. The number of carbonyl (C=O) groups excluding carboxylic acids is 2. The molecule has 2 aromatic carbocycles. The first kappa shape index (κ1) is 22.9. The lowest BCUT2D eigenvalue weighted by atomic mass is 9.93. The number of alkyl halides is 3. The predicted octanol–water partition coefficient (Wildman–Crippen LogP) is 3.71. The van der Waals surface area contributed by atoms with Crippen molar-refractivity contribution in [3.63, 3.8) is 0 Å². The van der Waals surface area contributed by atoms with Gasteiger partial charge >= 0.3 is 6.18 Å². The van der Waals surface area contributed by atoms with Gasteiger partial charge in [0.2, 0.25) is 5.91 Å². The van der Waals surface area contributed by atoms with E-state index in [1.54, 1.807) is 26.0 Å². The van der Waals surface area contributed by atoms with Crippen LogP contribution in [0.15, 0.2) is 30.3 Å². The maximum absolute atomic E-state index is 13.5. The molecule has 0 radical (unpaired) electrons. The van der Waals surface area contributed by atoms with Crippen molar-refractivity contribution in [3.05, 3.63) is 64.0 Å². The van der Waals surface area contributed by atoms with Crippen molar-refractivity contribution in [2.75, 3.05) is 18.5 Å². The molecule has 0 saturated carbocycles. The van der Waals surface area contributed by atoms with Crippen molar-refractivity contribution in [2.45, 2.75) is 39.0 Å². The third-order valence-corrected chi connectivity index (χ3v) is 5.35. The normalized spacial score (nSPS) is 15.5. The summed E-state index contributed by atoms with van der Waals surface area (Å²) in [5, 5.41) is 12.0. The Bertz CT molecular complexity index is 1020. The summed E-state index contributed by atoms with van der Waals surface area (Å²) in [6.07, 6.45) is -5.27. The van der Waals surface area contributed by atoms with Crippen molar-refractivity contribution in [1.29, 1.82) is 0 Å². The number of aliphatic hydroxyl groups is 1. The number of hydrogen-bond donors (Lipinski definition) is 2. The number of ketones is 1. The highest BCUT2D eigenvalue weighted by Crippen LogP contribution is 2.33. The van der Waals surface area contributed by atoms with Gasteiger partial charge in [0.05, 0.1) is 30.8 Å². The molecule has 2 N–H and O–H groups in total. The Morgan fingerprint density at radius 3 is 2.58 bits per heavy atom. The van der Waals surface area contributed by atoms with Gasteiger partial charge < -0.3 is 10.4 Å². The van der Waals surface area contributed by atoms with Crippen molar-refractivity contribution in [2.24, 2.45) is 0 Å². The van der Waals surface area contributed by atoms with E-state index in [1.165, 1.54) is 0 Å². The minimum absolute atomic E-state index is 0.00273. The smallest absolute Gasteiger partial charge is 0.395 e. The molecule has 31 heavy (non-hydrogen) atoms. The van der Waals surface area contributed by atoms with Gasteiger partial charge in [0, 0.05) is 18.2 Å². The molecule has 0 spiro atoms. The lowest BCUT2D eigenvalue weighted by molar-refractivity contribution is -0.140. The summed E-state index contributed by atoms with van der Waals surface area (Å²) < 4.78 is 52.2. The van der Waals surface area contributed by atoms with Crippen LogP contribution in [0.3, 0.4) is 0 Å². The fourth-order valence-corrected chi connectivity index (χ4v) is 3.60. The minimum atomic E-state index is -4.87. The van der Waals surface area contributed by atoms with Gasteiger partial charge in [-0.15, -0.1) is 0 Å². The van der Waals surface area contributed by atoms with E-state index in [1.807, 2.05) is 4.90 Å². The summed E-state index contributed by atoms with van der Waals surface area (Å²) in [6.45, 7) is 3.90. The van der Waals surface area contributed by atoms with E-state index in [9.17, 15) is 32.3 Å². The molecule has 2 aromatic rings. The van der Waals surface area contributed by atoms with Crippen molar-refractivity contribution < 1.29 is 32.3 Å². The number of aliphatic hydroxyl groups excluding tert-OH is 1. The van der Waals surface area contributed by atoms with Crippen LogP contribution in [-0.4, -0.2) is 40.9 Å². The highest BCUT2D eigenvalue weighted by atomic mass is 19.4. The summed E-state index contributed by atoms with van der Waals surface area (Å²) in [7, 11) is 0. The molecule has 1 aliphatic rings. The first-order chi connectivity index (χ1) is 14.5. The number of nitrogens with one attached hydrogen (secondary N) is 1. The molecular weight excluding hydrogens is 416 g/mol. The lowest BCUT2D eigenvalue weighted by Gasteiger charge is -2.33. The van der Waals surface area contributed by atoms with Gasteiger partial charge in [0.25, 0.3) is 0 Å². The number of aryl methyl sites for hydroxylation is 1. The average Bonchev–Trinajstić information content (AvgIpc) is 2.69. The summed E-state index contributed by atoms with van der Waals surface area (Å²) in [6, 6.07) is 5.73. The Morgan fingerprint density at radius 2 is 1.94 bits per heavy atom. The van der Waals surface area contributed by atoms with E-state index in [2.05, 4.69) is 5.32 Å². The second-order valence-electron chi connectivity index (χ2n) is 7.69. The third-order valence-electron chi connectivity index (χ3n) is 5.35. The highest BCUT2D eigenvalue weighted by Gasteiger charge is 2.34. The van der Waals surface area contributed by atoms with Gasteiger partial charge in [-0.3, -0.25) is 14.5 Å². The monoisotopic (exact) mass is 438 g/mol. The van der Waals surface area contributed by atoms with Crippen LogP contribution in [-0.2, 0) is 23.9 Å². The Hall–Kier alpha value is -2.78. The second-order valence-corrected chi connectivity index (χ2v) is 7.69. The van der Waals surface area contributed by atoms with E-state index in [4.69, 9.17) is 0 Å². The van der Waals surface area contributed by atoms with Crippen LogP contribution < -0.4 is 5.32 Å². The molecule has 1 atom stereocenters. The van der Waals surface area contributed by atoms with Gasteiger partial charge in [0.15, 0.2) is 5.78 Å². The van der Waals surface area contributed by atoms with Crippen LogP contribution in [0, 0.1) is 12.7 Å². The van der Waals surface area contributed by atoms with Crippen molar-refractivity contribution in [1.82, 2.24) is 4.90 Å². The topological polar surface area (TPSA) is 69.6 Å². The zero-order valence-electron chi connectivity index (χ0n) is 17.0. The lowest BCUT2D eigenvalue weighted by Crippen LogP contribution is -2.42. The van der Waals surface area contributed by atoms with E-state index >= 15 is 0 Å². The first-order valence-corrected chi connectivity index (χ1v) is 9.67. The zero-order valence-corrected chi connectivity index (χ0v) is 17.0. The number of rotatable bonds is 5. The summed E-state index contributed by atoms with van der Waals surface area (Å²) >= 11 is 0. The van der Waals surface area contributed by atoms with E-state index in [-0.39, 0.29) is 30.5 Å². The van der Waals surface area contributed by atoms with Crippen LogP contribution in [0.25, 0.3) is 0 Å². The van der Waals surface area contributed by atoms with Crippen molar-refractivity contribution >= 4 is 17.4 Å². The third kappa shape index (κ3) is 4.94. The number of Topliss-reactive ketones (excluding diaryl/α,β-unsaturated/α-hetero) is 1. The van der Waals surface area contributed by atoms with E-state index in [0.717, 1.165) is 6.07 Å². The maximum Gasteiger partial charge on any atom is 0.419 e. The number of amides is 1. The molecule has 5 nitrogen and oxygen atoms in total. The number of fused-ring (bicyclic) bond motifs is 1. The fourth-order valence-electron chi connectivity index (χ4n) is 3.60. The number of hydrogen-bond acceptors (Lipinski definition) is 4. The van der Waals surface area contributed by atoms with Crippen molar-refractivity contribution in [3.8, 4) is 0 Å². The van der Waals surface area contributed by atoms with Gasteiger partial charge in [-0.25, -0.2) is 4.39 Å². The molecule has 0 unspecified atom stereocenters. The molecule has 166 valence electrons. The van der Waals surface area contributed by atoms with Gasteiger partial charge in [-0.05, 0) is 42.7 Å². The number of benzene rings is 2. The average molecular weight is 438 g/mol. The number of halogens is 4. The van der Waals surface area contributed by atoms with Crippen LogP contribution in [0.1, 0.15) is 39.5 Å². The van der Waals surface area contributed by atoms with Gasteiger partial charge in [-0.1, -0.05) is 18.2 Å². The number of nitrogens with zero attached hydrogens (tertiary/aromatic N) is 1. The summed E-state index contributed by atoms with van der Waals surface area (Å²) in [4.78, 5) is 27.2. The molecule has 3 rings (SSSR count). The second kappa shape index (κ2) is 8.76. The molecule has 0 fully saturated rings. The van der Waals surface area contributed by atoms with Crippen LogP contribution in [0.5, 0.6) is 0 Å². The van der Waals surface area contributed by atoms with Gasteiger partial charge in [0.1, 0.15) is 5.82 Å². The standard InChI is InChI=1S/C22H22F4N2O3/c1-12-3-5-15-9-28(13(2)11-29)10-18(30)20(15)21(12)27-19(31)8-14-4-6-17(23)16(7-14)22(24,25)26/h3-7,13,29H,8-11H2,1-2H3,(H,27,31)/t13-/m1/s1. The Kier molecular flexibility index (Phi) is 6.47. The van der Waals surface area contributed by atoms with Crippen LogP contribution in [0.2, 0.25) is 0 Å². The van der Waals surface area contributed by atoms with Crippen LogP contribution >= 0.6 is 0 Å². The summed E-state index contributed by atoms with van der Waals surface area (Å²) in [5.41, 5.74) is 0.590. The quantitative estimate of drug-likeness (QED) is 0.699. The maximum atomic E-state index is 13.5. The first-order valence-electron chi connectivity index (χ1n) is 9.67. The molecule has 0 aromatic heterocycles. The molecule has 0 aliphatic carbocycles. The Morgan fingerprint density at radius 1 is 1.23 bits per heavy atom. The molecule has 9 heteroatoms. The molecule has 1 amide bonds. The van der Waals surface area contributed by atoms with E-state index < -0.39 is 29.9 Å². The Labute approximate surface area is 176 Å². The number of anilines is 1.